The van der Waals surface area contributed by atoms with Crippen molar-refractivity contribution in [3.05, 3.63) is 0 Å². The number of hydrogen-bond acceptors (Lipinski definition) is 10. The lowest BCUT2D eigenvalue weighted by Crippen LogP contribution is -2.32. The molecule has 0 aliphatic carbocycles. The molecule has 0 bridgehead atoms. The highest BCUT2D eigenvalue weighted by Gasteiger charge is 2.15. The van der Waals surface area contributed by atoms with E-state index in [1.54, 1.807) is 0 Å². The summed E-state index contributed by atoms with van der Waals surface area (Å²) in [6.07, 6.45) is 5.04. The molecule has 0 spiro atoms. The Labute approximate surface area is 115 Å². The topological polar surface area (TPSA) is 141 Å². The molecule has 0 saturated heterocycles. The van der Waals surface area contributed by atoms with E-state index >= 15 is 0 Å². The summed E-state index contributed by atoms with van der Waals surface area (Å²) < 4.78 is 5.06. The number of nitrogens with zero attached hydrogens (tertiary/aromatic N) is 5. The van der Waals surface area contributed by atoms with Gasteiger partial charge in [-0.15, -0.1) is 6.42 Å². The SMILES string of the molecule is C#CCOCN(CO)c1nc(N)nc(N(CO)CO)n1. The molecule has 0 radical (unpaired) electrons. The number of nitrogen functional groups attached to an aromatic ring is 1. The molecule has 0 unspecified atom stereocenters. The van der Waals surface area contributed by atoms with Crippen molar-refractivity contribution in [2.45, 2.75) is 0 Å². The van der Waals surface area contributed by atoms with Crippen molar-refractivity contribution in [1.29, 1.82) is 0 Å². The van der Waals surface area contributed by atoms with Crippen LogP contribution >= 0.6 is 0 Å². The highest BCUT2D eigenvalue weighted by Crippen LogP contribution is 2.14. The van der Waals surface area contributed by atoms with Gasteiger partial charge in [-0.05, 0) is 0 Å². The maximum atomic E-state index is 9.25. The first-order valence-corrected chi connectivity index (χ1v) is 5.51. The molecule has 1 heterocycles. The number of terminal acetylenes is 1. The van der Waals surface area contributed by atoms with Gasteiger partial charge in [-0.25, -0.2) is 0 Å². The summed E-state index contributed by atoms with van der Waals surface area (Å²) >= 11 is 0. The molecule has 10 heteroatoms. The first-order valence-electron chi connectivity index (χ1n) is 5.51. The zero-order valence-corrected chi connectivity index (χ0v) is 10.7. The molecule has 1 aromatic rings. The zero-order valence-electron chi connectivity index (χ0n) is 10.7. The summed E-state index contributed by atoms with van der Waals surface area (Å²) in [5.74, 6) is 2.14. The van der Waals surface area contributed by atoms with E-state index in [4.69, 9.17) is 27.1 Å². The first kappa shape index (κ1) is 15.9. The van der Waals surface area contributed by atoms with Crippen molar-refractivity contribution in [3.8, 4) is 12.3 Å². The third-order valence-corrected chi connectivity index (χ3v) is 2.14. The zero-order chi connectivity index (χ0) is 15.0. The number of nitrogens with two attached hydrogens (primary N) is 1. The largest absolute Gasteiger partial charge is 0.376 e. The molecule has 1 rings (SSSR count). The van der Waals surface area contributed by atoms with Crippen molar-refractivity contribution in [3.63, 3.8) is 0 Å². The van der Waals surface area contributed by atoms with E-state index in [0.29, 0.717) is 0 Å². The highest BCUT2D eigenvalue weighted by molar-refractivity contribution is 5.42. The number of aromatic nitrogens is 3. The summed E-state index contributed by atoms with van der Waals surface area (Å²) in [7, 11) is 0. The highest BCUT2D eigenvalue weighted by atomic mass is 16.5. The summed E-state index contributed by atoms with van der Waals surface area (Å²) in [5.41, 5.74) is 5.52. The van der Waals surface area contributed by atoms with Crippen LogP contribution < -0.4 is 15.5 Å². The standard InChI is InChI=1S/C10H16N6O4/c1-2-3-20-7-16(6-19)10-13-8(11)12-9(14-10)15(4-17)5-18/h1,17-19H,3-7H2,(H2,11,12,13,14). The molecule has 10 nitrogen and oxygen atoms in total. The van der Waals surface area contributed by atoms with Gasteiger partial charge in [0.25, 0.3) is 0 Å². The lowest BCUT2D eigenvalue weighted by Gasteiger charge is -2.22. The molecular formula is C10H16N6O4. The predicted octanol–water partition coefficient (Wildman–Crippen LogP) is -2.48. The summed E-state index contributed by atoms with van der Waals surface area (Å²) in [4.78, 5) is 13.9. The fourth-order valence-corrected chi connectivity index (χ4v) is 1.20. The van der Waals surface area contributed by atoms with Gasteiger partial charge in [0.2, 0.25) is 17.8 Å². The third-order valence-electron chi connectivity index (χ3n) is 2.14. The Bertz CT molecular complexity index is 462. The van der Waals surface area contributed by atoms with Gasteiger partial charge in [-0.1, -0.05) is 5.92 Å². The normalized spacial score (nSPS) is 10.1. The van der Waals surface area contributed by atoms with Crippen LogP contribution in [0.25, 0.3) is 0 Å². The Morgan fingerprint density at radius 1 is 1.05 bits per heavy atom. The lowest BCUT2D eigenvalue weighted by molar-refractivity contribution is 0.143. The van der Waals surface area contributed by atoms with Gasteiger partial charge in [-0.3, -0.25) is 9.80 Å². The molecule has 110 valence electrons. The van der Waals surface area contributed by atoms with Crippen LogP contribution in [0.3, 0.4) is 0 Å². The molecule has 1 aromatic heterocycles. The second-order valence-electron chi connectivity index (χ2n) is 3.48. The number of rotatable bonds is 8. The molecule has 0 aromatic carbocycles. The van der Waals surface area contributed by atoms with Gasteiger partial charge < -0.3 is 25.8 Å². The Morgan fingerprint density at radius 2 is 1.60 bits per heavy atom. The Morgan fingerprint density at radius 3 is 2.10 bits per heavy atom. The molecule has 0 atom stereocenters. The number of anilines is 3. The van der Waals surface area contributed by atoms with E-state index in [9.17, 15) is 5.11 Å². The van der Waals surface area contributed by atoms with Crippen molar-refractivity contribution < 1.29 is 20.1 Å². The number of ether oxygens (including phenoxy) is 1. The fraction of sp³-hybridized carbons (Fsp3) is 0.500. The van der Waals surface area contributed by atoms with E-state index in [-0.39, 0.29) is 31.2 Å². The van der Waals surface area contributed by atoms with Gasteiger partial charge in [0.15, 0.2) is 0 Å². The average molecular weight is 284 g/mol. The first-order chi connectivity index (χ1) is 9.65. The minimum absolute atomic E-state index is 0.0268. The maximum Gasteiger partial charge on any atom is 0.235 e. The fourth-order valence-electron chi connectivity index (χ4n) is 1.20. The van der Waals surface area contributed by atoms with Crippen LogP contribution in [0, 0.1) is 12.3 Å². The molecular weight excluding hydrogens is 268 g/mol. The molecule has 5 N–H and O–H groups in total. The smallest absolute Gasteiger partial charge is 0.235 e. The van der Waals surface area contributed by atoms with Crippen LogP contribution in [0.15, 0.2) is 0 Å². The molecule has 0 aliphatic heterocycles. The van der Waals surface area contributed by atoms with Crippen LogP contribution in [-0.4, -0.2) is 63.8 Å². The lowest BCUT2D eigenvalue weighted by atomic mass is 10.7. The molecule has 0 amide bonds. The monoisotopic (exact) mass is 284 g/mol. The van der Waals surface area contributed by atoms with Gasteiger partial charge in [0.1, 0.15) is 33.5 Å². The van der Waals surface area contributed by atoms with E-state index < -0.39 is 20.2 Å². The van der Waals surface area contributed by atoms with Gasteiger partial charge in [0.05, 0.1) is 0 Å². The number of aliphatic hydroxyl groups is 3. The van der Waals surface area contributed by atoms with Crippen LogP contribution in [0.1, 0.15) is 0 Å². The second kappa shape index (κ2) is 8.08. The summed E-state index contributed by atoms with van der Waals surface area (Å²) in [5, 5.41) is 27.3. The van der Waals surface area contributed by atoms with Crippen molar-refractivity contribution in [2.24, 2.45) is 0 Å². The third kappa shape index (κ3) is 4.18. The van der Waals surface area contributed by atoms with E-state index in [2.05, 4.69) is 20.9 Å². The van der Waals surface area contributed by atoms with Gasteiger partial charge in [0, 0.05) is 0 Å². The second-order valence-corrected chi connectivity index (χ2v) is 3.48. The summed E-state index contributed by atoms with van der Waals surface area (Å²) in [6.45, 7) is -1.45. The molecule has 20 heavy (non-hydrogen) atoms. The van der Waals surface area contributed by atoms with Gasteiger partial charge in [-0.2, -0.15) is 15.0 Å². The molecule has 0 aliphatic rings. The van der Waals surface area contributed by atoms with Crippen LogP contribution in [0.5, 0.6) is 0 Å². The van der Waals surface area contributed by atoms with Crippen LogP contribution in [0.2, 0.25) is 0 Å². The predicted molar refractivity (Wildman–Crippen MR) is 70.1 cm³/mol. The number of aliphatic hydroxyl groups excluding tert-OH is 3. The molecule has 0 saturated carbocycles. The Kier molecular flexibility index (Phi) is 6.41. The summed E-state index contributed by atoms with van der Waals surface area (Å²) in [6, 6.07) is 0. The van der Waals surface area contributed by atoms with Crippen LogP contribution in [-0.2, 0) is 4.74 Å². The Hall–Kier alpha value is -2.19. The Balaban J connectivity index is 2.95. The van der Waals surface area contributed by atoms with E-state index in [0.717, 1.165) is 4.90 Å². The van der Waals surface area contributed by atoms with Crippen LogP contribution in [0.4, 0.5) is 17.8 Å². The quantitative estimate of drug-likeness (QED) is 0.230. The van der Waals surface area contributed by atoms with Gasteiger partial charge >= 0.3 is 0 Å². The minimum atomic E-state index is -0.508. The van der Waals surface area contributed by atoms with Crippen molar-refractivity contribution in [1.82, 2.24) is 15.0 Å². The average Bonchev–Trinajstić information content (AvgIpc) is 2.44. The van der Waals surface area contributed by atoms with E-state index in [1.807, 2.05) is 0 Å². The molecule has 0 fully saturated rings. The number of hydrogen-bond donors (Lipinski definition) is 4. The minimum Gasteiger partial charge on any atom is -0.376 e. The maximum absolute atomic E-state index is 9.25. The van der Waals surface area contributed by atoms with Crippen molar-refractivity contribution in [2.75, 3.05) is 49.1 Å². The van der Waals surface area contributed by atoms with Crippen molar-refractivity contribution >= 4 is 17.8 Å². The van der Waals surface area contributed by atoms with E-state index in [1.165, 1.54) is 4.90 Å².